The van der Waals surface area contributed by atoms with Gasteiger partial charge < -0.3 is 16.0 Å². The fraction of sp³-hybridized carbons (Fsp3) is 0.333. The van der Waals surface area contributed by atoms with E-state index in [1.54, 1.807) is 11.3 Å². The molecule has 0 radical (unpaired) electrons. The van der Waals surface area contributed by atoms with Crippen LogP contribution in [-0.2, 0) is 13.1 Å². The molecule has 1 aromatic carbocycles. The van der Waals surface area contributed by atoms with Crippen LogP contribution < -0.4 is 16.0 Å². The van der Waals surface area contributed by atoms with Gasteiger partial charge in [-0.1, -0.05) is 12.1 Å². The van der Waals surface area contributed by atoms with E-state index in [-0.39, 0.29) is 5.91 Å². The first-order chi connectivity index (χ1) is 11.7. The van der Waals surface area contributed by atoms with E-state index < -0.39 is 0 Å². The molecule has 128 valence electrons. The van der Waals surface area contributed by atoms with Crippen molar-refractivity contribution in [3.8, 4) is 0 Å². The number of hydrogen-bond donors (Lipinski definition) is 3. The van der Waals surface area contributed by atoms with Gasteiger partial charge in [-0.25, -0.2) is 4.99 Å². The third kappa shape index (κ3) is 5.70. The van der Waals surface area contributed by atoms with Crippen LogP contribution in [0.4, 0.5) is 0 Å². The zero-order valence-corrected chi connectivity index (χ0v) is 15.0. The fourth-order valence-electron chi connectivity index (χ4n) is 2.12. The minimum absolute atomic E-state index is 0.0392. The van der Waals surface area contributed by atoms with E-state index in [0.29, 0.717) is 25.2 Å². The predicted octanol–water partition coefficient (Wildman–Crippen LogP) is 2.75. The smallest absolute Gasteiger partial charge is 0.251 e. The lowest BCUT2D eigenvalue weighted by Crippen LogP contribution is -2.36. The first-order valence-electron chi connectivity index (χ1n) is 8.13. The molecule has 6 heteroatoms. The lowest BCUT2D eigenvalue weighted by molar-refractivity contribution is 0.0956. The molecule has 0 unspecified atom stereocenters. The lowest BCUT2D eigenvalue weighted by atomic mass is 10.1. The highest BCUT2D eigenvalue weighted by Gasteiger charge is 2.04. The minimum Gasteiger partial charge on any atom is -0.357 e. The number of guanidine groups is 1. The number of rotatable bonds is 7. The number of nitrogens with zero attached hydrogens (tertiary/aromatic N) is 1. The number of carbonyl (C=O) groups is 1. The van der Waals surface area contributed by atoms with Gasteiger partial charge in [-0.2, -0.15) is 11.3 Å². The van der Waals surface area contributed by atoms with E-state index in [0.717, 1.165) is 18.1 Å². The second-order valence-corrected chi connectivity index (χ2v) is 6.02. The zero-order valence-electron chi connectivity index (χ0n) is 14.1. The molecule has 2 rings (SSSR count). The Morgan fingerprint density at radius 3 is 2.38 bits per heavy atom. The van der Waals surface area contributed by atoms with Gasteiger partial charge in [-0.3, -0.25) is 4.79 Å². The molecule has 3 N–H and O–H groups in total. The maximum atomic E-state index is 11.7. The van der Waals surface area contributed by atoms with Crippen molar-refractivity contribution >= 4 is 23.2 Å². The van der Waals surface area contributed by atoms with Gasteiger partial charge in [0, 0.05) is 25.2 Å². The molecule has 0 bridgehead atoms. The van der Waals surface area contributed by atoms with Gasteiger partial charge >= 0.3 is 0 Å². The first-order valence-corrected chi connectivity index (χ1v) is 9.07. The maximum Gasteiger partial charge on any atom is 0.251 e. The number of carbonyl (C=O) groups excluding carboxylic acids is 1. The monoisotopic (exact) mass is 344 g/mol. The summed E-state index contributed by atoms with van der Waals surface area (Å²) in [5.41, 5.74) is 2.99. The Kier molecular flexibility index (Phi) is 7.29. The molecule has 0 atom stereocenters. The molecule has 0 aliphatic heterocycles. The van der Waals surface area contributed by atoms with E-state index in [1.807, 2.05) is 38.1 Å². The molecule has 0 aliphatic rings. The minimum atomic E-state index is -0.0392. The molecule has 0 saturated heterocycles. The highest BCUT2D eigenvalue weighted by atomic mass is 32.1. The van der Waals surface area contributed by atoms with Crippen LogP contribution in [-0.4, -0.2) is 25.0 Å². The van der Waals surface area contributed by atoms with Gasteiger partial charge in [-0.15, -0.1) is 0 Å². The van der Waals surface area contributed by atoms with Gasteiger partial charge in [-0.05, 0) is 53.9 Å². The Labute approximate surface area is 147 Å². The van der Waals surface area contributed by atoms with Crippen LogP contribution in [0, 0.1) is 0 Å². The Morgan fingerprint density at radius 2 is 1.75 bits per heavy atom. The molecule has 0 spiro atoms. The van der Waals surface area contributed by atoms with Crippen molar-refractivity contribution in [1.82, 2.24) is 16.0 Å². The Bertz CT molecular complexity index is 650. The summed E-state index contributed by atoms with van der Waals surface area (Å²) in [6.45, 7) is 6.72. The second kappa shape index (κ2) is 9.72. The average molecular weight is 344 g/mol. The average Bonchev–Trinajstić information content (AvgIpc) is 3.11. The highest BCUT2D eigenvalue weighted by molar-refractivity contribution is 7.07. The summed E-state index contributed by atoms with van der Waals surface area (Å²) in [6, 6.07) is 9.69. The summed E-state index contributed by atoms with van der Waals surface area (Å²) in [7, 11) is 0. The highest BCUT2D eigenvalue weighted by Crippen LogP contribution is 2.07. The summed E-state index contributed by atoms with van der Waals surface area (Å²) in [5.74, 6) is 0.749. The standard InChI is InChI=1S/C18H24N4OS/c1-3-19-17(23)16-7-5-14(6-8-16)11-21-18(20-4-2)22-12-15-9-10-24-13-15/h5-10,13H,3-4,11-12H2,1-2H3,(H,19,23)(H2,20,21,22). The normalized spacial score (nSPS) is 11.2. The molecule has 2 aromatic rings. The van der Waals surface area contributed by atoms with Crippen molar-refractivity contribution in [3.05, 3.63) is 57.8 Å². The molecular weight excluding hydrogens is 320 g/mol. The van der Waals surface area contributed by atoms with E-state index in [9.17, 15) is 4.79 Å². The van der Waals surface area contributed by atoms with Crippen molar-refractivity contribution < 1.29 is 4.79 Å². The maximum absolute atomic E-state index is 11.7. The number of thiophene rings is 1. The van der Waals surface area contributed by atoms with Crippen LogP contribution in [0.5, 0.6) is 0 Å². The van der Waals surface area contributed by atoms with Gasteiger partial charge in [0.1, 0.15) is 0 Å². The second-order valence-electron chi connectivity index (χ2n) is 5.24. The zero-order chi connectivity index (χ0) is 17.2. The summed E-state index contributed by atoms with van der Waals surface area (Å²) in [4.78, 5) is 16.3. The van der Waals surface area contributed by atoms with Gasteiger partial charge in [0.2, 0.25) is 0 Å². The lowest BCUT2D eigenvalue weighted by Gasteiger charge is -2.11. The Balaban J connectivity index is 1.91. The first kappa shape index (κ1) is 18.0. The predicted molar refractivity (Wildman–Crippen MR) is 100 cm³/mol. The molecule has 5 nitrogen and oxygen atoms in total. The number of benzene rings is 1. The van der Waals surface area contributed by atoms with Gasteiger partial charge in [0.05, 0.1) is 6.54 Å². The third-order valence-corrected chi connectivity index (χ3v) is 4.09. The van der Waals surface area contributed by atoms with Gasteiger partial charge in [0.25, 0.3) is 5.91 Å². The van der Waals surface area contributed by atoms with Crippen LogP contribution in [0.15, 0.2) is 46.1 Å². The number of amides is 1. The third-order valence-electron chi connectivity index (χ3n) is 3.36. The van der Waals surface area contributed by atoms with E-state index >= 15 is 0 Å². The van der Waals surface area contributed by atoms with Crippen molar-refractivity contribution in [1.29, 1.82) is 0 Å². The van der Waals surface area contributed by atoms with Crippen LogP contribution in [0.25, 0.3) is 0 Å². The molecule has 24 heavy (non-hydrogen) atoms. The largest absolute Gasteiger partial charge is 0.357 e. The Hall–Kier alpha value is -2.34. The molecule has 1 amide bonds. The number of nitrogens with one attached hydrogen (secondary N) is 3. The van der Waals surface area contributed by atoms with E-state index in [2.05, 4.69) is 37.8 Å². The molecule has 1 aromatic heterocycles. The number of hydrogen-bond acceptors (Lipinski definition) is 3. The Morgan fingerprint density at radius 1 is 1.00 bits per heavy atom. The summed E-state index contributed by atoms with van der Waals surface area (Å²) in [5, 5.41) is 13.5. The topological polar surface area (TPSA) is 65.5 Å². The molecule has 0 aliphatic carbocycles. The van der Waals surface area contributed by atoms with Crippen molar-refractivity contribution in [2.24, 2.45) is 4.99 Å². The SMILES string of the molecule is CCNC(=O)c1ccc(CNC(=NCc2ccsc2)NCC)cc1. The molecule has 1 heterocycles. The summed E-state index contributed by atoms with van der Waals surface area (Å²) in [6.07, 6.45) is 0. The molecule has 0 fully saturated rings. The quantitative estimate of drug-likeness (QED) is 0.534. The summed E-state index contributed by atoms with van der Waals surface area (Å²) >= 11 is 1.68. The molecule has 0 saturated carbocycles. The van der Waals surface area contributed by atoms with Gasteiger partial charge in [0.15, 0.2) is 5.96 Å². The van der Waals surface area contributed by atoms with E-state index in [4.69, 9.17) is 0 Å². The number of aliphatic imine (C=N–C) groups is 1. The van der Waals surface area contributed by atoms with Crippen molar-refractivity contribution in [2.75, 3.05) is 13.1 Å². The van der Waals surface area contributed by atoms with Crippen molar-refractivity contribution in [2.45, 2.75) is 26.9 Å². The van der Waals surface area contributed by atoms with Crippen molar-refractivity contribution in [3.63, 3.8) is 0 Å². The fourth-order valence-corrected chi connectivity index (χ4v) is 2.78. The summed E-state index contributed by atoms with van der Waals surface area (Å²) < 4.78 is 0. The van der Waals surface area contributed by atoms with E-state index in [1.165, 1.54) is 5.56 Å². The van der Waals surface area contributed by atoms with Crippen LogP contribution in [0.3, 0.4) is 0 Å². The van der Waals surface area contributed by atoms with Crippen LogP contribution in [0.1, 0.15) is 35.3 Å². The van der Waals surface area contributed by atoms with Crippen LogP contribution in [0.2, 0.25) is 0 Å². The van der Waals surface area contributed by atoms with Crippen LogP contribution >= 0.6 is 11.3 Å². The molecular formula is C18H24N4OS.